The zero-order valence-electron chi connectivity index (χ0n) is 41.3. The molecule has 0 bridgehead atoms. The molecule has 73 heavy (non-hydrogen) atoms. The van der Waals surface area contributed by atoms with Gasteiger partial charge in [0, 0.05) is 43.0 Å². The fourth-order valence-electron chi connectivity index (χ4n) is 9.97. The quantitative estimate of drug-likeness (QED) is 0.0540. The molecule has 2 aliphatic heterocycles. The molecule has 2 saturated heterocycles. The van der Waals surface area contributed by atoms with E-state index in [1.165, 1.54) is 31.9 Å². The molecule has 2 fully saturated rings. The number of aromatic nitrogens is 4. The number of aliphatic hydroxyl groups is 1. The second kappa shape index (κ2) is 22.0. The molecule has 16 nitrogen and oxygen atoms in total. The number of aryl methyl sites for hydroxylation is 2. The van der Waals surface area contributed by atoms with Crippen LogP contribution in [0.1, 0.15) is 53.1 Å². The summed E-state index contributed by atoms with van der Waals surface area (Å²) in [5.41, 5.74) is -0.782. The Labute approximate surface area is 422 Å². The van der Waals surface area contributed by atoms with Crippen LogP contribution in [0.25, 0.3) is 0 Å². The first-order valence-corrected chi connectivity index (χ1v) is 27.0. The monoisotopic (exact) mass is 1010 g/mol. The van der Waals surface area contributed by atoms with Crippen molar-refractivity contribution in [1.82, 2.24) is 19.1 Å². The average molecular weight is 1010 g/mol. The lowest BCUT2D eigenvalue weighted by Gasteiger charge is -2.39. The summed E-state index contributed by atoms with van der Waals surface area (Å²) in [5.74, 6) is 1.29. The first kappa shape index (κ1) is 51.0. The van der Waals surface area contributed by atoms with E-state index in [-0.39, 0.29) is 26.1 Å². The highest BCUT2D eigenvalue weighted by Crippen LogP contribution is 2.46. The highest BCUT2D eigenvalue weighted by molar-refractivity contribution is 7.01. The minimum absolute atomic E-state index is 0.00862. The number of nitrogens with zero attached hydrogens (tertiary/aromatic N) is 2. The van der Waals surface area contributed by atoms with Gasteiger partial charge in [-0.2, -0.15) is 0 Å². The third-order valence-electron chi connectivity index (χ3n) is 14.1. The number of benzene rings is 5. The first-order chi connectivity index (χ1) is 35.3. The average Bonchev–Trinajstić information content (AvgIpc) is 4.01. The third kappa shape index (κ3) is 10.6. The summed E-state index contributed by atoms with van der Waals surface area (Å²) < 4.78 is 48.3. The summed E-state index contributed by atoms with van der Waals surface area (Å²) in [6.45, 7) is 5.48. The van der Waals surface area contributed by atoms with Gasteiger partial charge in [-0.15, -0.1) is 0 Å². The second-order valence-electron chi connectivity index (χ2n) is 18.7. The maximum Gasteiger partial charge on any atom is 0.330 e. The smallest absolute Gasteiger partial charge is 0.330 e. The fraction of sp³-hybridized carbons (Fsp3) is 0.321. The third-order valence-corrected chi connectivity index (χ3v) is 18.5. The predicted octanol–water partition coefficient (Wildman–Crippen LogP) is 5.29. The van der Waals surface area contributed by atoms with E-state index in [1.807, 2.05) is 115 Å². The Morgan fingerprint density at radius 2 is 1.11 bits per heavy atom. The normalized spacial score (nSPS) is 20.5. The zero-order chi connectivity index (χ0) is 51.3. The van der Waals surface area contributed by atoms with Gasteiger partial charge >= 0.3 is 11.4 Å². The molecule has 2 aliphatic rings. The van der Waals surface area contributed by atoms with Crippen LogP contribution in [0.2, 0.25) is 12.6 Å². The summed E-state index contributed by atoms with van der Waals surface area (Å²) in [6.07, 6.45) is -4.16. The molecule has 0 aliphatic carbocycles. The van der Waals surface area contributed by atoms with E-state index >= 15 is 0 Å². The van der Waals surface area contributed by atoms with Crippen molar-refractivity contribution in [2.24, 2.45) is 0 Å². The van der Waals surface area contributed by atoms with E-state index in [1.54, 1.807) is 28.1 Å². The van der Waals surface area contributed by atoms with Gasteiger partial charge in [-0.1, -0.05) is 132 Å². The van der Waals surface area contributed by atoms with Crippen LogP contribution in [0.15, 0.2) is 171 Å². The van der Waals surface area contributed by atoms with E-state index in [9.17, 15) is 24.3 Å². The number of hydrogen-bond acceptors (Lipinski definition) is 12. The Balaban J connectivity index is 1.10. The lowest BCUT2D eigenvalue weighted by atomic mass is 9.79. The number of rotatable bonds is 19. The van der Waals surface area contributed by atoms with Crippen molar-refractivity contribution in [3.05, 3.63) is 221 Å². The van der Waals surface area contributed by atoms with Crippen molar-refractivity contribution in [2.45, 2.75) is 88.0 Å². The van der Waals surface area contributed by atoms with Crippen molar-refractivity contribution >= 4 is 18.4 Å². The van der Waals surface area contributed by atoms with Crippen LogP contribution < -0.4 is 42.3 Å². The Hall–Kier alpha value is -6.96. The molecular weight excluding hydrogens is 949 g/mol. The van der Waals surface area contributed by atoms with Crippen LogP contribution in [0.5, 0.6) is 11.5 Å². The van der Waals surface area contributed by atoms with Crippen LogP contribution >= 0.6 is 0 Å². The van der Waals surface area contributed by atoms with Crippen LogP contribution in [0.3, 0.4) is 0 Å². The molecule has 0 saturated carbocycles. The Morgan fingerprint density at radius 1 is 0.644 bits per heavy atom. The number of hydrogen-bond donors (Lipinski definition) is 3. The van der Waals surface area contributed by atoms with Gasteiger partial charge in [0.05, 0.1) is 33.0 Å². The van der Waals surface area contributed by atoms with Crippen LogP contribution in [-0.4, -0.2) is 90.4 Å². The second-order valence-corrected chi connectivity index (χ2v) is 23.0. The highest BCUT2D eigenvalue weighted by atomic mass is 28.3. The summed E-state index contributed by atoms with van der Waals surface area (Å²) >= 11 is 0. The molecule has 4 heterocycles. The van der Waals surface area contributed by atoms with Crippen LogP contribution in [0.4, 0.5) is 0 Å². The minimum Gasteiger partial charge on any atom is -0.497 e. The Bertz CT molecular complexity index is 3120. The highest BCUT2D eigenvalue weighted by Gasteiger charge is 2.48. The summed E-state index contributed by atoms with van der Waals surface area (Å²) in [7, 11) is 0.757. The number of nitrogens with one attached hydrogen (secondary N) is 2. The van der Waals surface area contributed by atoms with Gasteiger partial charge in [0.1, 0.15) is 49.8 Å². The van der Waals surface area contributed by atoms with Crippen molar-refractivity contribution in [2.75, 3.05) is 27.4 Å². The molecule has 17 heteroatoms. The van der Waals surface area contributed by atoms with Crippen molar-refractivity contribution < 1.29 is 38.3 Å². The molecule has 7 aromatic rings. The number of methoxy groups -OCH3 is 2. The number of ether oxygens (including phenoxy) is 7. The van der Waals surface area contributed by atoms with Gasteiger partial charge in [-0.3, -0.25) is 28.7 Å². The standard InChI is InChI=1S/C56H60N4O12Si/c1-36-33-59(54(64)57-51(36)62)48-31-45(61)50(71-48)53(68-29-30-73(5,43-17-11-7-12-18-43)44-19-13-8-14-20-44)69-35-47-46(32-49(70-47)60-34-37(2)52(63)58-55(60)65)72-56(38-15-9-6-10-16-38,39-21-25-41(66-3)26-22-39)40-23-27-42(67-4)28-24-40/h6-28,33-34,45-50,53,61H,29-32,35H2,1-5H3,(H,57,62,64)(H,58,63,65)/t45-,46-,47+,48+,49+,50-,53?/m0/s1. The number of H-pyrrole nitrogens is 2. The zero-order valence-corrected chi connectivity index (χ0v) is 42.3. The lowest BCUT2D eigenvalue weighted by molar-refractivity contribution is -0.234. The van der Waals surface area contributed by atoms with Gasteiger partial charge in [0.15, 0.2) is 6.29 Å². The first-order valence-electron chi connectivity index (χ1n) is 24.3. The van der Waals surface area contributed by atoms with Gasteiger partial charge < -0.3 is 38.3 Å². The number of aromatic amines is 2. The fourth-order valence-corrected chi connectivity index (χ4v) is 13.3. The van der Waals surface area contributed by atoms with Crippen LogP contribution in [0, 0.1) is 13.8 Å². The van der Waals surface area contributed by atoms with E-state index in [4.69, 9.17) is 33.2 Å². The maximum atomic E-state index is 13.6. The SMILES string of the molecule is COc1ccc(C(O[C@H]2C[C@H](n3cc(C)c(=O)[nH]c3=O)O[C@@H]2COC(OCC[Si](C)(c2ccccc2)c2ccccc2)[C@H]2O[C@@H](n3cc(C)c(=O)[nH]c3=O)C[C@@H]2O)(c2ccccc2)c2ccc(OC)cc2)cc1. The van der Waals surface area contributed by atoms with Gasteiger partial charge in [-0.05, 0) is 60.8 Å². The molecule has 0 amide bonds. The summed E-state index contributed by atoms with van der Waals surface area (Å²) in [6, 6.07) is 46.3. The molecule has 380 valence electrons. The summed E-state index contributed by atoms with van der Waals surface area (Å²) in [4.78, 5) is 56.5. The lowest BCUT2D eigenvalue weighted by Crippen LogP contribution is -2.56. The predicted molar refractivity (Wildman–Crippen MR) is 277 cm³/mol. The van der Waals surface area contributed by atoms with Gasteiger partial charge in [0.25, 0.3) is 11.1 Å². The van der Waals surface area contributed by atoms with E-state index < -0.39 is 79.3 Å². The Kier molecular flexibility index (Phi) is 15.4. The van der Waals surface area contributed by atoms with Crippen LogP contribution in [-0.2, 0) is 29.3 Å². The van der Waals surface area contributed by atoms with E-state index in [2.05, 4.69) is 40.8 Å². The van der Waals surface area contributed by atoms with Crippen molar-refractivity contribution in [3.63, 3.8) is 0 Å². The topological polar surface area (TPSA) is 195 Å². The summed E-state index contributed by atoms with van der Waals surface area (Å²) in [5, 5.41) is 14.3. The molecule has 5 aromatic carbocycles. The Morgan fingerprint density at radius 3 is 1.60 bits per heavy atom. The maximum absolute atomic E-state index is 13.6. The van der Waals surface area contributed by atoms with E-state index in [0.29, 0.717) is 28.7 Å². The molecule has 9 rings (SSSR count). The van der Waals surface area contributed by atoms with Crippen molar-refractivity contribution in [1.29, 1.82) is 0 Å². The largest absolute Gasteiger partial charge is 0.497 e. The van der Waals surface area contributed by atoms with E-state index in [0.717, 1.165) is 16.7 Å². The van der Waals surface area contributed by atoms with Crippen molar-refractivity contribution in [3.8, 4) is 11.5 Å². The molecule has 0 radical (unpaired) electrons. The number of aliphatic hydroxyl groups excluding tert-OH is 1. The molecule has 2 aromatic heterocycles. The molecule has 0 spiro atoms. The van der Waals surface area contributed by atoms with Gasteiger partial charge in [0.2, 0.25) is 0 Å². The molecule has 1 unspecified atom stereocenters. The van der Waals surface area contributed by atoms with Gasteiger partial charge in [-0.25, -0.2) is 9.59 Å². The minimum atomic E-state index is -2.45. The molecule has 7 atom stereocenters. The molecule has 3 N–H and O–H groups in total. The molecular formula is C56H60N4O12Si.